The highest BCUT2D eigenvalue weighted by Crippen LogP contribution is 2.35. The third kappa shape index (κ3) is 2.28. The van der Waals surface area contributed by atoms with Gasteiger partial charge in [0.25, 0.3) is 0 Å². The number of fused-ring (bicyclic) bond motifs is 1. The number of aliphatic imine (C=N–C) groups is 1. The maximum Gasteiger partial charge on any atom is 0.128 e. The van der Waals surface area contributed by atoms with Crippen LogP contribution in [-0.2, 0) is 6.54 Å². The third-order valence-electron chi connectivity index (χ3n) is 4.09. The average molecular weight is 300 g/mol. The molecule has 0 radical (unpaired) electrons. The number of hydrogen-bond acceptors (Lipinski definition) is 4. The number of aryl methyl sites for hydroxylation is 1. The standard InChI is InChI=1S/C19H16N4/c1-12-7-9-14(10-8-12)18-16(13-5-3-2-4-6-13)17-15(22-23-18)11-21-19(17)20/h2-10H,11H2,1H3,(H2,20,21). The number of amidine groups is 1. The van der Waals surface area contributed by atoms with E-state index in [1.54, 1.807) is 0 Å². The van der Waals surface area contributed by atoms with Crippen LogP contribution in [0.2, 0.25) is 0 Å². The molecule has 1 aliphatic rings. The van der Waals surface area contributed by atoms with Crippen LogP contribution < -0.4 is 5.73 Å². The van der Waals surface area contributed by atoms with E-state index in [1.807, 2.05) is 18.2 Å². The van der Waals surface area contributed by atoms with Gasteiger partial charge >= 0.3 is 0 Å². The Kier molecular flexibility index (Phi) is 3.15. The largest absolute Gasteiger partial charge is 0.383 e. The number of hydrogen-bond donors (Lipinski definition) is 1. The van der Waals surface area contributed by atoms with Crippen molar-refractivity contribution in [2.24, 2.45) is 10.7 Å². The summed E-state index contributed by atoms with van der Waals surface area (Å²) in [7, 11) is 0. The molecule has 4 heteroatoms. The molecule has 3 aromatic rings. The quantitative estimate of drug-likeness (QED) is 0.789. The van der Waals surface area contributed by atoms with E-state index >= 15 is 0 Å². The fourth-order valence-electron chi connectivity index (χ4n) is 2.90. The van der Waals surface area contributed by atoms with Crippen LogP contribution in [0.4, 0.5) is 0 Å². The highest BCUT2D eigenvalue weighted by molar-refractivity contribution is 6.08. The Labute approximate surface area is 134 Å². The minimum absolute atomic E-state index is 0.502. The zero-order valence-corrected chi connectivity index (χ0v) is 12.8. The van der Waals surface area contributed by atoms with Gasteiger partial charge in [0.05, 0.1) is 17.8 Å². The van der Waals surface area contributed by atoms with Gasteiger partial charge in [-0.1, -0.05) is 60.2 Å². The maximum absolute atomic E-state index is 6.14. The Morgan fingerprint density at radius 2 is 1.57 bits per heavy atom. The van der Waals surface area contributed by atoms with Gasteiger partial charge in [-0.25, -0.2) is 0 Å². The molecule has 23 heavy (non-hydrogen) atoms. The predicted octanol–water partition coefficient (Wildman–Crippen LogP) is 3.34. The predicted molar refractivity (Wildman–Crippen MR) is 92.1 cm³/mol. The number of benzene rings is 2. The van der Waals surface area contributed by atoms with Crippen molar-refractivity contribution in [2.45, 2.75) is 13.5 Å². The Morgan fingerprint density at radius 1 is 0.826 bits per heavy atom. The van der Waals surface area contributed by atoms with E-state index in [0.717, 1.165) is 33.6 Å². The van der Waals surface area contributed by atoms with Gasteiger partial charge in [-0.15, -0.1) is 5.10 Å². The van der Waals surface area contributed by atoms with Crippen molar-refractivity contribution in [2.75, 3.05) is 0 Å². The molecule has 112 valence electrons. The average Bonchev–Trinajstić information content (AvgIpc) is 2.97. The van der Waals surface area contributed by atoms with Crippen LogP contribution in [0.15, 0.2) is 59.6 Å². The first-order chi connectivity index (χ1) is 11.2. The SMILES string of the molecule is Cc1ccc(-c2nnc3c(c2-c2ccccc2)C(N)=NC3)cc1. The molecule has 0 aliphatic carbocycles. The number of nitrogens with zero attached hydrogens (tertiary/aromatic N) is 3. The van der Waals surface area contributed by atoms with Crippen LogP contribution in [0.5, 0.6) is 0 Å². The van der Waals surface area contributed by atoms with Crippen molar-refractivity contribution < 1.29 is 0 Å². The summed E-state index contributed by atoms with van der Waals surface area (Å²) in [6, 6.07) is 18.5. The zero-order chi connectivity index (χ0) is 15.8. The molecule has 0 bridgehead atoms. The summed E-state index contributed by atoms with van der Waals surface area (Å²) >= 11 is 0. The van der Waals surface area contributed by atoms with Crippen molar-refractivity contribution in [3.63, 3.8) is 0 Å². The Bertz CT molecular complexity index is 897. The summed E-state index contributed by atoms with van der Waals surface area (Å²) < 4.78 is 0. The van der Waals surface area contributed by atoms with E-state index in [1.165, 1.54) is 5.56 Å². The smallest absolute Gasteiger partial charge is 0.128 e. The number of nitrogens with two attached hydrogens (primary N) is 1. The van der Waals surface area contributed by atoms with Gasteiger partial charge in [0, 0.05) is 11.1 Å². The highest BCUT2D eigenvalue weighted by Gasteiger charge is 2.24. The van der Waals surface area contributed by atoms with Gasteiger partial charge in [0.2, 0.25) is 0 Å². The lowest BCUT2D eigenvalue weighted by atomic mass is 9.94. The van der Waals surface area contributed by atoms with Crippen LogP contribution in [0.1, 0.15) is 16.8 Å². The molecule has 0 unspecified atom stereocenters. The first-order valence-electron chi connectivity index (χ1n) is 7.56. The van der Waals surface area contributed by atoms with E-state index < -0.39 is 0 Å². The van der Waals surface area contributed by atoms with E-state index in [-0.39, 0.29) is 0 Å². The van der Waals surface area contributed by atoms with E-state index in [2.05, 4.69) is 58.5 Å². The second-order valence-corrected chi connectivity index (χ2v) is 5.68. The molecule has 0 atom stereocenters. The summed E-state index contributed by atoms with van der Waals surface area (Å²) in [6.07, 6.45) is 0. The molecule has 1 aliphatic heterocycles. The molecule has 4 rings (SSSR count). The molecule has 0 saturated heterocycles. The Morgan fingerprint density at radius 3 is 2.30 bits per heavy atom. The number of rotatable bonds is 2. The van der Waals surface area contributed by atoms with Gasteiger partial charge in [0.15, 0.2) is 0 Å². The fraction of sp³-hybridized carbons (Fsp3) is 0.105. The van der Waals surface area contributed by atoms with Crippen molar-refractivity contribution in [3.05, 3.63) is 71.4 Å². The second kappa shape index (κ2) is 5.32. The molecule has 0 fully saturated rings. The zero-order valence-electron chi connectivity index (χ0n) is 12.8. The molecule has 4 nitrogen and oxygen atoms in total. The molecule has 0 amide bonds. The Hall–Kier alpha value is -3.01. The van der Waals surface area contributed by atoms with Crippen LogP contribution in [0.25, 0.3) is 22.4 Å². The van der Waals surface area contributed by atoms with Crippen LogP contribution in [-0.4, -0.2) is 16.0 Å². The van der Waals surface area contributed by atoms with Crippen LogP contribution in [0, 0.1) is 6.92 Å². The monoisotopic (exact) mass is 300 g/mol. The van der Waals surface area contributed by atoms with E-state index in [0.29, 0.717) is 12.4 Å². The molecular formula is C19H16N4. The number of aromatic nitrogens is 2. The van der Waals surface area contributed by atoms with Crippen molar-refractivity contribution in [1.82, 2.24) is 10.2 Å². The second-order valence-electron chi connectivity index (χ2n) is 5.68. The van der Waals surface area contributed by atoms with Crippen LogP contribution in [0.3, 0.4) is 0 Å². The molecular weight excluding hydrogens is 284 g/mol. The first-order valence-corrected chi connectivity index (χ1v) is 7.56. The lowest BCUT2D eigenvalue weighted by Gasteiger charge is -2.13. The highest BCUT2D eigenvalue weighted by atomic mass is 15.1. The third-order valence-corrected chi connectivity index (χ3v) is 4.09. The van der Waals surface area contributed by atoms with Gasteiger partial charge in [-0.3, -0.25) is 4.99 Å². The Balaban J connectivity index is 2.02. The maximum atomic E-state index is 6.14. The van der Waals surface area contributed by atoms with Crippen LogP contribution >= 0.6 is 0 Å². The van der Waals surface area contributed by atoms with E-state index in [9.17, 15) is 0 Å². The van der Waals surface area contributed by atoms with Crippen molar-refractivity contribution in [1.29, 1.82) is 0 Å². The van der Waals surface area contributed by atoms with Gasteiger partial charge in [0.1, 0.15) is 11.5 Å². The summed E-state index contributed by atoms with van der Waals surface area (Å²) in [6.45, 7) is 2.57. The molecule has 2 aromatic carbocycles. The van der Waals surface area contributed by atoms with Gasteiger partial charge < -0.3 is 5.73 Å². The summed E-state index contributed by atoms with van der Waals surface area (Å²) in [5.41, 5.74) is 13.1. The van der Waals surface area contributed by atoms with E-state index in [4.69, 9.17) is 5.73 Å². The lowest BCUT2D eigenvalue weighted by molar-refractivity contribution is 0.923. The normalized spacial score (nSPS) is 12.8. The fourth-order valence-corrected chi connectivity index (χ4v) is 2.90. The molecule has 2 heterocycles. The molecule has 2 N–H and O–H groups in total. The van der Waals surface area contributed by atoms with Gasteiger partial charge in [-0.05, 0) is 12.5 Å². The van der Waals surface area contributed by atoms with Gasteiger partial charge in [-0.2, -0.15) is 5.10 Å². The molecule has 0 saturated carbocycles. The lowest BCUT2D eigenvalue weighted by Crippen LogP contribution is -2.14. The first kappa shape index (κ1) is 13.6. The summed E-state index contributed by atoms with van der Waals surface area (Å²) in [5.74, 6) is 0.544. The van der Waals surface area contributed by atoms with Crippen molar-refractivity contribution in [3.8, 4) is 22.4 Å². The van der Waals surface area contributed by atoms with Crippen molar-refractivity contribution >= 4 is 5.84 Å². The minimum atomic E-state index is 0.502. The topological polar surface area (TPSA) is 64.2 Å². The molecule has 0 spiro atoms. The molecule has 1 aromatic heterocycles. The summed E-state index contributed by atoms with van der Waals surface area (Å²) in [5, 5.41) is 8.83. The summed E-state index contributed by atoms with van der Waals surface area (Å²) in [4.78, 5) is 4.33. The minimum Gasteiger partial charge on any atom is -0.383 e.